The van der Waals surface area contributed by atoms with Gasteiger partial charge in [-0.1, -0.05) is 24.3 Å². The summed E-state index contributed by atoms with van der Waals surface area (Å²) >= 11 is 0. The van der Waals surface area contributed by atoms with Crippen molar-refractivity contribution in [1.29, 1.82) is 0 Å². The molecule has 1 aliphatic heterocycles. The van der Waals surface area contributed by atoms with E-state index >= 15 is 0 Å². The summed E-state index contributed by atoms with van der Waals surface area (Å²) < 4.78 is 0. The summed E-state index contributed by atoms with van der Waals surface area (Å²) in [6, 6.07) is 11.8. The summed E-state index contributed by atoms with van der Waals surface area (Å²) in [5.74, 6) is 0. The van der Waals surface area contributed by atoms with Gasteiger partial charge in [-0.05, 0) is 25.5 Å². The number of nitrogens with zero attached hydrogens (tertiary/aromatic N) is 2. The maximum atomic E-state index is 4.55. The topological polar surface area (TPSA) is 28.2 Å². The van der Waals surface area contributed by atoms with Gasteiger partial charge in [0.05, 0.1) is 5.52 Å². The third kappa shape index (κ3) is 2.62. The lowest BCUT2D eigenvalue weighted by Crippen LogP contribution is -2.53. The van der Waals surface area contributed by atoms with Crippen molar-refractivity contribution in [2.24, 2.45) is 0 Å². The minimum absolute atomic E-state index is 0.569. The average molecular weight is 255 g/mol. The van der Waals surface area contributed by atoms with Gasteiger partial charge in [-0.3, -0.25) is 9.88 Å². The number of benzene rings is 1. The quantitative estimate of drug-likeness (QED) is 0.893. The number of rotatable bonds is 2. The van der Waals surface area contributed by atoms with Crippen LogP contribution in [0.3, 0.4) is 0 Å². The van der Waals surface area contributed by atoms with E-state index in [1.54, 1.807) is 0 Å². The first-order chi connectivity index (χ1) is 9.24. The summed E-state index contributed by atoms with van der Waals surface area (Å²) in [7, 11) is 0. The first-order valence-corrected chi connectivity index (χ1v) is 7.04. The number of piperazine rings is 1. The zero-order valence-electron chi connectivity index (χ0n) is 11.6. The highest BCUT2D eigenvalue weighted by Gasteiger charge is 2.22. The van der Waals surface area contributed by atoms with Gasteiger partial charge < -0.3 is 5.32 Å². The Morgan fingerprint density at radius 1 is 1.26 bits per heavy atom. The molecule has 19 heavy (non-hydrogen) atoms. The largest absolute Gasteiger partial charge is 0.311 e. The fourth-order valence-corrected chi connectivity index (χ4v) is 2.83. The van der Waals surface area contributed by atoms with Crippen molar-refractivity contribution in [3.05, 3.63) is 42.1 Å². The molecule has 2 atom stereocenters. The minimum atomic E-state index is 0.569. The number of pyridine rings is 1. The Morgan fingerprint density at radius 2 is 2.11 bits per heavy atom. The third-order valence-corrected chi connectivity index (χ3v) is 3.98. The molecule has 0 spiro atoms. The molecule has 2 heterocycles. The van der Waals surface area contributed by atoms with Crippen LogP contribution >= 0.6 is 0 Å². The second-order valence-electron chi connectivity index (χ2n) is 5.58. The first-order valence-electron chi connectivity index (χ1n) is 7.04. The Hall–Kier alpha value is -1.45. The molecule has 100 valence electrons. The van der Waals surface area contributed by atoms with Crippen molar-refractivity contribution < 1.29 is 0 Å². The highest BCUT2D eigenvalue weighted by Crippen LogP contribution is 2.19. The molecular formula is C16H21N3. The van der Waals surface area contributed by atoms with Crippen LogP contribution in [0.25, 0.3) is 10.9 Å². The highest BCUT2D eigenvalue weighted by atomic mass is 15.2. The standard InChI is InChI=1S/C16H21N3/c1-12-10-19(13(2)9-18-12)11-15-6-3-5-14-7-4-8-17-16(14)15/h3-8,12-13,18H,9-11H2,1-2H3. The summed E-state index contributed by atoms with van der Waals surface area (Å²) in [6.45, 7) is 7.70. The minimum Gasteiger partial charge on any atom is -0.311 e. The lowest BCUT2D eigenvalue weighted by atomic mass is 10.1. The second kappa shape index (κ2) is 5.27. The molecule has 3 heteroatoms. The molecule has 1 saturated heterocycles. The van der Waals surface area contributed by atoms with E-state index in [4.69, 9.17) is 0 Å². The van der Waals surface area contributed by atoms with Gasteiger partial charge in [0.2, 0.25) is 0 Å². The number of aromatic nitrogens is 1. The van der Waals surface area contributed by atoms with Crippen LogP contribution in [0, 0.1) is 0 Å². The molecule has 1 N–H and O–H groups in total. The summed E-state index contributed by atoms with van der Waals surface area (Å²) in [6.07, 6.45) is 1.88. The number of fused-ring (bicyclic) bond motifs is 1. The molecule has 1 aromatic heterocycles. The molecule has 0 aliphatic carbocycles. The smallest absolute Gasteiger partial charge is 0.0746 e. The molecule has 1 aliphatic rings. The molecular weight excluding hydrogens is 234 g/mol. The first kappa shape index (κ1) is 12.6. The maximum absolute atomic E-state index is 4.55. The molecule has 1 fully saturated rings. The number of hydrogen-bond acceptors (Lipinski definition) is 3. The van der Waals surface area contributed by atoms with E-state index < -0.39 is 0 Å². The van der Waals surface area contributed by atoms with Crippen LogP contribution < -0.4 is 5.32 Å². The number of nitrogens with one attached hydrogen (secondary N) is 1. The van der Waals surface area contributed by atoms with Crippen molar-refractivity contribution in [3.8, 4) is 0 Å². The Morgan fingerprint density at radius 3 is 3.00 bits per heavy atom. The number of hydrogen-bond donors (Lipinski definition) is 1. The van der Waals surface area contributed by atoms with Crippen molar-refractivity contribution in [3.63, 3.8) is 0 Å². The van der Waals surface area contributed by atoms with Crippen LogP contribution in [0.1, 0.15) is 19.4 Å². The lowest BCUT2D eigenvalue weighted by Gasteiger charge is -2.37. The molecule has 0 saturated carbocycles. The predicted molar refractivity (Wildman–Crippen MR) is 79.1 cm³/mol. The van der Waals surface area contributed by atoms with Gasteiger partial charge in [0, 0.05) is 43.3 Å². The third-order valence-electron chi connectivity index (χ3n) is 3.98. The fourth-order valence-electron chi connectivity index (χ4n) is 2.83. The zero-order chi connectivity index (χ0) is 13.2. The zero-order valence-corrected chi connectivity index (χ0v) is 11.6. The molecule has 3 rings (SSSR count). The van der Waals surface area contributed by atoms with Crippen molar-refractivity contribution in [2.45, 2.75) is 32.5 Å². The Bertz CT molecular complexity index is 561. The van der Waals surface area contributed by atoms with Gasteiger partial charge in [-0.15, -0.1) is 0 Å². The maximum Gasteiger partial charge on any atom is 0.0746 e. The second-order valence-corrected chi connectivity index (χ2v) is 5.58. The van der Waals surface area contributed by atoms with E-state index in [2.05, 4.69) is 53.3 Å². The Kier molecular flexibility index (Phi) is 3.49. The summed E-state index contributed by atoms with van der Waals surface area (Å²) in [5.41, 5.74) is 2.47. The molecule has 3 nitrogen and oxygen atoms in total. The van der Waals surface area contributed by atoms with Gasteiger partial charge in [0.25, 0.3) is 0 Å². The van der Waals surface area contributed by atoms with Gasteiger partial charge in [-0.25, -0.2) is 0 Å². The van der Waals surface area contributed by atoms with E-state index in [0.717, 1.165) is 25.2 Å². The van der Waals surface area contributed by atoms with Crippen molar-refractivity contribution >= 4 is 10.9 Å². The molecule has 0 bridgehead atoms. The van der Waals surface area contributed by atoms with E-state index in [1.807, 2.05) is 12.3 Å². The van der Waals surface area contributed by atoms with Crippen LogP contribution in [0.2, 0.25) is 0 Å². The van der Waals surface area contributed by atoms with Gasteiger partial charge >= 0.3 is 0 Å². The highest BCUT2D eigenvalue weighted by molar-refractivity contribution is 5.81. The van der Waals surface area contributed by atoms with Crippen LogP contribution in [0.5, 0.6) is 0 Å². The molecule has 2 unspecified atom stereocenters. The van der Waals surface area contributed by atoms with E-state index in [9.17, 15) is 0 Å². The average Bonchev–Trinajstić information content (AvgIpc) is 2.43. The fraction of sp³-hybridized carbons (Fsp3) is 0.438. The summed E-state index contributed by atoms with van der Waals surface area (Å²) in [4.78, 5) is 7.09. The van der Waals surface area contributed by atoms with Crippen molar-refractivity contribution in [1.82, 2.24) is 15.2 Å². The molecule has 1 aromatic carbocycles. The number of para-hydroxylation sites is 1. The monoisotopic (exact) mass is 255 g/mol. The van der Waals surface area contributed by atoms with Crippen LogP contribution in [-0.2, 0) is 6.54 Å². The molecule has 0 amide bonds. The lowest BCUT2D eigenvalue weighted by molar-refractivity contribution is 0.139. The SMILES string of the molecule is CC1CN(Cc2cccc3cccnc23)C(C)CN1. The van der Waals surface area contributed by atoms with Crippen LogP contribution in [0.4, 0.5) is 0 Å². The van der Waals surface area contributed by atoms with Gasteiger partial charge in [-0.2, -0.15) is 0 Å². The Labute approximate surface area is 114 Å². The van der Waals surface area contributed by atoms with Crippen molar-refractivity contribution in [2.75, 3.05) is 13.1 Å². The normalized spacial score (nSPS) is 24.7. The van der Waals surface area contributed by atoms with E-state index in [-0.39, 0.29) is 0 Å². The van der Waals surface area contributed by atoms with E-state index in [0.29, 0.717) is 12.1 Å². The summed E-state index contributed by atoms with van der Waals surface area (Å²) in [5, 5.41) is 4.76. The molecule has 0 radical (unpaired) electrons. The van der Waals surface area contributed by atoms with Crippen LogP contribution in [-0.4, -0.2) is 35.1 Å². The van der Waals surface area contributed by atoms with Crippen LogP contribution in [0.15, 0.2) is 36.5 Å². The molecule has 2 aromatic rings. The van der Waals surface area contributed by atoms with Gasteiger partial charge in [0.1, 0.15) is 0 Å². The van der Waals surface area contributed by atoms with E-state index in [1.165, 1.54) is 10.9 Å². The Balaban J connectivity index is 1.88. The van der Waals surface area contributed by atoms with Gasteiger partial charge in [0.15, 0.2) is 0 Å². The predicted octanol–water partition coefficient (Wildman–Crippen LogP) is 2.42.